The average Bonchev–Trinajstić information content (AvgIpc) is 2.80. The second-order valence-corrected chi connectivity index (χ2v) is 8.00. The van der Waals surface area contributed by atoms with Crippen molar-refractivity contribution >= 4 is 12.2 Å². The van der Waals surface area contributed by atoms with Gasteiger partial charge in [0, 0.05) is 0 Å². The molecule has 2 aromatic rings. The van der Waals surface area contributed by atoms with Crippen molar-refractivity contribution in [1.29, 1.82) is 0 Å². The zero-order valence-electron chi connectivity index (χ0n) is 14.2. The standard InChI is InChI=1S/C17H25N3OS/c1-16(2,3)11-7-8-13(12(9-11)17(4,5)6)21-10-14-18-15(22)20-19-14/h7-9H,10H2,1-6H3,(H2,18,19,20,22). The third kappa shape index (κ3) is 3.97. The maximum absolute atomic E-state index is 5.97. The topological polar surface area (TPSA) is 53.7 Å². The highest BCUT2D eigenvalue weighted by Gasteiger charge is 2.23. The van der Waals surface area contributed by atoms with Gasteiger partial charge in [0.25, 0.3) is 0 Å². The van der Waals surface area contributed by atoms with Crippen molar-refractivity contribution in [3.63, 3.8) is 0 Å². The molecule has 0 radical (unpaired) electrons. The summed E-state index contributed by atoms with van der Waals surface area (Å²) in [7, 11) is 0. The molecule has 1 heterocycles. The molecule has 0 fully saturated rings. The van der Waals surface area contributed by atoms with E-state index < -0.39 is 0 Å². The van der Waals surface area contributed by atoms with Crippen molar-refractivity contribution in [3.05, 3.63) is 39.9 Å². The third-order valence-corrected chi connectivity index (χ3v) is 3.76. The van der Waals surface area contributed by atoms with Gasteiger partial charge in [0.1, 0.15) is 12.4 Å². The Morgan fingerprint density at radius 3 is 2.23 bits per heavy atom. The van der Waals surface area contributed by atoms with Gasteiger partial charge >= 0.3 is 0 Å². The molecule has 22 heavy (non-hydrogen) atoms. The van der Waals surface area contributed by atoms with Gasteiger partial charge in [0.2, 0.25) is 4.77 Å². The first-order valence-corrected chi connectivity index (χ1v) is 7.89. The first kappa shape index (κ1) is 16.7. The van der Waals surface area contributed by atoms with Gasteiger partial charge < -0.3 is 4.74 Å². The fourth-order valence-corrected chi connectivity index (χ4v) is 2.39. The highest BCUT2D eigenvalue weighted by atomic mass is 32.1. The molecule has 0 bridgehead atoms. The summed E-state index contributed by atoms with van der Waals surface area (Å²) in [6.07, 6.45) is 0. The molecule has 5 heteroatoms. The van der Waals surface area contributed by atoms with Crippen LogP contribution in [0.3, 0.4) is 0 Å². The summed E-state index contributed by atoms with van der Waals surface area (Å²) in [5.41, 5.74) is 2.64. The van der Waals surface area contributed by atoms with E-state index in [0.717, 1.165) is 5.75 Å². The minimum Gasteiger partial charge on any atom is -0.485 e. The van der Waals surface area contributed by atoms with Gasteiger partial charge in [-0.1, -0.05) is 53.7 Å². The Labute approximate surface area is 137 Å². The summed E-state index contributed by atoms with van der Waals surface area (Å²) in [5, 5.41) is 5.68. The Hall–Kier alpha value is -1.62. The molecule has 1 aromatic carbocycles. The van der Waals surface area contributed by atoms with Crippen LogP contribution in [0.1, 0.15) is 58.5 Å². The van der Waals surface area contributed by atoms with Crippen molar-refractivity contribution in [3.8, 4) is 5.75 Å². The zero-order chi connectivity index (χ0) is 16.5. The van der Waals surface area contributed by atoms with Crippen LogP contribution in [-0.2, 0) is 17.4 Å². The Balaban J connectivity index is 2.32. The van der Waals surface area contributed by atoms with Gasteiger partial charge in [-0.2, -0.15) is 0 Å². The quantitative estimate of drug-likeness (QED) is 0.810. The molecule has 0 aliphatic heterocycles. The van der Waals surface area contributed by atoms with Crippen molar-refractivity contribution in [2.45, 2.75) is 59.0 Å². The molecule has 0 saturated heterocycles. The van der Waals surface area contributed by atoms with E-state index in [1.165, 1.54) is 11.1 Å². The van der Waals surface area contributed by atoms with Crippen LogP contribution in [0.15, 0.2) is 18.2 Å². The van der Waals surface area contributed by atoms with Crippen LogP contribution in [0.4, 0.5) is 0 Å². The van der Waals surface area contributed by atoms with Crippen LogP contribution in [0.5, 0.6) is 5.75 Å². The Morgan fingerprint density at radius 2 is 1.73 bits per heavy atom. The Morgan fingerprint density at radius 1 is 1.05 bits per heavy atom. The maximum atomic E-state index is 5.97. The molecular formula is C17H25N3OS. The molecule has 1 aromatic heterocycles. The highest BCUT2D eigenvalue weighted by molar-refractivity contribution is 7.71. The predicted octanol–water partition coefficient (Wildman–Crippen LogP) is 4.64. The normalized spacial score (nSPS) is 12.5. The fourth-order valence-electron chi connectivity index (χ4n) is 2.23. The molecule has 0 atom stereocenters. The van der Waals surface area contributed by atoms with Crippen molar-refractivity contribution in [1.82, 2.24) is 15.2 Å². The van der Waals surface area contributed by atoms with Crippen LogP contribution in [0, 0.1) is 4.77 Å². The molecular weight excluding hydrogens is 294 g/mol. The number of rotatable bonds is 3. The van der Waals surface area contributed by atoms with E-state index in [9.17, 15) is 0 Å². The molecule has 0 unspecified atom stereocenters. The Kier molecular flexibility index (Phi) is 4.47. The molecule has 2 rings (SSSR count). The van der Waals surface area contributed by atoms with E-state index in [1.54, 1.807) is 0 Å². The highest BCUT2D eigenvalue weighted by Crippen LogP contribution is 2.35. The molecule has 2 N–H and O–H groups in total. The van der Waals surface area contributed by atoms with Crippen LogP contribution in [0.25, 0.3) is 0 Å². The van der Waals surface area contributed by atoms with Crippen LogP contribution < -0.4 is 4.74 Å². The van der Waals surface area contributed by atoms with Gasteiger partial charge in [-0.3, -0.25) is 10.2 Å². The second kappa shape index (κ2) is 5.88. The molecule has 0 saturated carbocycles. The van der Waals surface area contributed by atoms with Crippen LogP contribution in [0.2, 0.25) is 0 Å². The van der Waals surface area contributed by atoms with Crippen molar-refractivity contribution in [2.75, 3.05) is 0 Å². The van der Waals surface area contributed by atoms with Crippen molar-refractivity contribution in [2.24, 2.45) is 0 Å². The summed E-state index contributed by atoms with van der Waals surface area (Å²) in [4.78, 5) is 4.15. The van der Waals surface area contributed by atoms with Gasteiger partial charge in [-0.05, 0) is 40.2 Å². The number of aromatic amines is 2. The van der Waals surface area contributed by atoms with Gasteiger partial charge in [-0.15, -0.1) is 0 Å². The minimum absolute atomic E-state index is 0.00899. The lowest BCUT2D eigenvalue weighted by atomic mass is 9.80. The molecule has 0 amide bonds. The number of hydrogen-bond donors (Lipinski definition) is 2. The van der Waals surface area contributed by atoms with Gasteiger partial charge in [0.05, 0.1) is 0 Å². The van der Waals surface area contributed by atoms with E-state index in [4.69, 9.17) is 17.0 Å². The van der Waals surface area contributed by atoms with Crippen LogP contribution in [-0.4, -0.2) is 15.2 Å². The fraction of sp³-hybridized carbons (Fsp3) is 0.529. The number of aromatic nitrogens is 3. The Bertz CT molecular complexity index is 702. The van der Waals surface area contributed by atoms with E-state index in [0.29, 0.717) is 17.2 Å². The van der Waals surface area contributed by atoms with Crippen molar-refractivity contribution < 1.29 is 4.74 Å². The van der Waals surface area contributed by atoms with E-state index in [-0.39, 0.29) is 10.8 Å². The molecule has 0 spiro atoms. The number of H-pyrrole nitrogens is 2. The predicted molar refractivity (Wildman–Crippen MR) is 91.9 cm³/mol. The number of hydrogen-bond acceptors (Lipinski definition) is 3. The summed E-state index contributed by atoms with van der Waals surface area (Å²) >= 11 is 4.95. The molecule has 0 aliphatic rings. The third-order valence-electron chi connectivity index (χ3n) is 3.57. The smallest absolute Gasteiger partial charge is 0.213 e. The summed E-state index contributed by atoms with van der Waals surface area (Å²) in [6, 6.07) is 6.45. The SMILES string of the molecule is CC(C)(C)c1ccc(OCc2nc(=S)[nH][nH]2)c(C(C)(C)C)c1. The first-order valence-electron chi connectivity index (χ1n) is 7.49. The maximum Gasteiger partial charge on any atom is 0.213 e. The monoisotopic (exact) mass is 319 g/mol. The largest absolute Gasteiger partial charge is 0.485 e. The number of nitrogens with zero attached hydrogens (tertiary/aromatic N) is 1. The average molecular weight is 319 g/mol. The zero-order valence-corrected chi connectivity index (χ0v) is 15.0. The van der Waals surface area contributed by atoms with Gasteiger partial charge in [0.15, 0.2) is 5.82 Å². The van der Waals surface area contributed by atoms with E-state index in [2.05, 4.69) is 74.9 Å². The van der Waals surface area contributed by atoms with Crippen LogP contribution >= 0.6 is 12.2 Å². The first-order chi connectivity index (χ1) is 10.1. The molecule has 4 nitrogen and oxygen atoms in total. The number of benzene rings is 1. The summed E-state index contributed by atoms with van der Waals surface area (Å²) in [5.74, 6) is 1.59. The van der Waals surface area contributed by atoms with Gasteiger partial charge in [-0.25, -0.2) is 4.98 Å². The molecule has 0 aliphatic carbocycles. The lowest BCUT2D eigenvalue weighted by molar-refractivity contribution is 0.288. The lowest BCUT2D eigenvalue weighted by Crippen LogP contribution is -2.17. The van der Waals surface area contributed by atoms with E-state index >= 15 is 0 Å². The number of ether oxygens (including phenoxy) is 1. The molecule has 120 valence electrons. The second-order valence-electron chi connectivity index (χ2n) is 7.61. The number of nitrogens with one attached hydrogen (secondary N) is 2. The summed E-state index contributed by atoms with van der Waals surface area (Å²) < 4.78 is 6.41. The lowest BCUT2D eigenvalue weighted by Gasteiger charge is -2.27. The minimum atomic E-state index is 0.00899. The van der Waals surface area contributed by atoms with E-state index in [1.807, 2.05) is 0 Å². The summed E-state index contributed by atoms with van der Waals surface area (Å²) in [6.45, 7) is 13.6.